The van der Waals surface area contributed by atoms with E-state index < -0.39 is 10.8 Å². The molecule has 1 unspecified atom stereocenters. The van der Waals surface area contributed by atoms with Gasteiger partial charge >= 0.3 is 0 Å². The average Bonchev–Trinajstić information content (AvgIpc) is 2.89. The van der Waals surface area contributed by atoms with Crippen LogP contribution in [0.3, 0.4) is 0 Å². The Morgan fingerprint density at radius 1 is 1.30 bits per heavy atom. The lowest BCUT2D eigenvalue weighted by Gasteiger charge is -2.01. The number of hydrogen-bond donors (Lipinski definition) is 0. The van der Waals surface area contributed by atoms with Crippen molar-refractivity contribution in [1.82, 2.24) is 14.9 Å². The second kappa shape index (κ2) is 5.91. The molecule has 20 heavy (non-hydrogen) atoms. The zero-order chi connectivity index (χ0) is 13.9. The molecule has 6 heteroatoms. The van der Waals surface area contributed by atoms with Gasteiger partial charge in [-0.2, -0.15) is 5.10 Å². The van der Waals surface area contributed by atoms with Gasteiger partial charge in [-0.05, 0) is 19.3 Å². The van der Waals surface area contributed by atoms with E-state index in [9.17, 15) is 4.21 Å². The molecule has 0 fully saturated rings. The molecule has 0 spiro atoms. The highest BCUT2D eigenvalue weighted by Gasteiger charge is 2.19. The fourth-order valence-corrected chi connectivity index (χ4v) is 3.83. The first kappa shape index (κ1) is 13.5. The topological polar surface area (TPSA) is 60.9 Å². The molecule has 0 saturated heterocycles. The Bertz CT molecular complexity index is 618. The zero-order valence-electron chi connectivity index (χ0n) is 11.7. The van der Waals surface area contributed by atoms with Crippen molar-refractivity contribution in [2.45, 2.75) is 43.6 Å². The highest BCUT2D eigenvalue weighted by molar-refractivity contribution is 7.83. The van der Waals surface area contributed by atoms with E-state index in [1.807, 2.05) is 13.2 Å². The van der Waals surface area contributed by atoms with Crippen LogP contribution in [0.25, 0.3) is 0 Å². The van der Waals surface area contributed by atoms with Crippen molar-refractivity contribution < 1.29 is 8.73 Å². The Hall–Kier alpha value is -1.43. The highest BCUT2D eigenvalue weighted by atomic mass is 32.2. The lowest BCUT2D eigenvalue weighted by atomic mass is 10.1. The van der Waals surface area contributed by atoms with Crippen molar-refractivity contribution in [2.24, 2.45) is 7.05 Å². The second-order valence-electron chi connectivity index (χ2n) is 5.34. The van der Waals surface area contributed by atoms with Crippen LogP contribution in [0.1, 0.15) is 41.8 Å². The molecule has 0 N–H and O–H groups in total. The largest absolute Gasteiger partial charge is 0.361 e. The van der Waals surface area contributed by atoms with E-state index in [1.54, 1.807) is 10.9 Å². The van der Waals surface area contributed by atoms with Gasteiger partial charge in [-0.15, -0.1) is 0 Å². The van der Waals surface area contributed by atoms with E-state index in [0.29, 0.717) is 11.5 Å². The van der Waals surface area contributed by atoms with Gasteiger partial charge in [-0.1, -0.05) is 11.6 Å². The Labute approximate surface area is 120 Å². The van der Waals surface area contributed by atoms with Crippen molar-refractivity contribution in [1.29, 1.82) is 0 Å². The highest BCUT2D eigenvalue weighted by Crippen LogP contribution is 2.24. The number of fused-ring (bicyclic) bond motifs is 1. The minimum Gasteiger partial charge on any atom is -0.361 e. The van der Waals surface area contributed by atoms with E-state index in [-0.39, 0.29) is 0 Å². The monoisotopic (exact) mass is 293 g/mol. The van der Waals surface area contributed by atoms with Crippen molar-refractivity contribution >= 4 is 10.8 Å². The first-order chi connectivity index (χ1) is 9.72. The molecule has 0 aliphatic heterocycles. The summed E-state index contributed by atoms with van der Waals surface area (Å²) in [7, 11) is 0.898. The van der Waals surface area contributed by atoms with Crippen LogP contribution in [0.15, 0.2) is 16.9 Å². The fourth-order valence-electron chi connectivity index (χ4n) is 2.67. The molecule has 2 heterocycles. The van der Waals surface area contributed by atoms with Crippen molar-refractivity contribution in [3.8, 4) is 0 Å². The van der Waals surface area contributed by atoms with E-state index >= 15 is 0 Å². The normalized spacial score (nSPS) is 16.6. The summed E-state index contributed by atoms with van der Waals surface area (Å²) in [5.41, 5.74) is 3.10. The molecular formula is C14H19N3O2S. The molecule has 0 aromatic carbocycles. The number of nitrogens with zero attached hydrogens (tertiary/aromatic N) is 3. The van der Waals surface area contributed by atoms with Crippen LogP contribution in [0.2, 0.25) is 0 Å². The quantitative estimate of drug-likeness (QED) is 0.810. The summed E-state index contributed by atoms with van der Waals surface area (Å²) in [5.74, 6) is 2.01. The average molecular weight is 293 g/mol. The molecule has 1 aliphatic rings. The van der Waals surface area contributed by atoms with Crippen LogP contribution in [0.4, 0.5) is 0 Å². The predicted octanol–water partition coefficient (Wildman–Crippen LogP) is 2.13. The van der Waals surface area contributed by atoms with Crippen LogP contribution in [-0.4, -0.2) is 19.1 Å². The second-order valence-corrected chi connectivity index (χ2v) is 6.80. The fraction of sp³-hybridized carbons (Fsp3) is 0.571. The molecule has 2 aromatic rings. The summed E-state index contributed by atoms with van der Waals surface area (Å²) < 4.78 is 19.4. The number of hydrogen-bond acceptors (Lipinski definition) is 4. The van der Waals surface area contributed by atoms with Crippen LogP contribution in [0, 0.1) is 0 Å². The molecule has 5 nitrogen and oxygen atoms in total. The maximum absolute atomic E-state index is 12.3. The molecule has 1 atom stereocenters. The maximum atomic E-state index is 12.3. The summed E-state index contributed by atoms with van der Waals surface area (Å²) >= 11 is 0. The Morgan fingerprint density at radius 3 is 2.95 bits per heavy atom. The maximum Gasteiger partial charge on any atom is 0.140 e. The zero-order valence-corrected chi connectivity index (χ0v) is 12.5. The van der Waals surface area contributed by atoms with E-state index in [2.05, 4.69) is 10.3 Å². The number of aryl methyl sites for hydroxylation is 2. The van der Waals surface area contributed by atoms with Gasteiger partial charge in [0.25, 0.3) is 0 Å². The van der Waals surface area contributed by atoms with Gasteiger partial charge in [0.2, 0.25) is 0 Å². The van der Waals surface area contributed by atoms with E-state index in [1.165, 1.54) is 24.8 Å². The van der Waals surface area contributed by atoms with E-state index in [4.69, 9.17) is 4.52 Å². The van der Waals surface area contributed by atoms with Crippen LogP contribution < -0.4 is 0 Å². The SMILES string of the molecule is Cn1cc(CS(=O)Cc2noc3c2CCCCC3)cn1. The third-order valence-electron chi connectivity index (χ3n) is 3.67. The van der Waals surface area contributed by atoms with Gasteiger partial charge in [0.1, 0.15) is 5.76 Å². The van der Waals surface area contributed by atoms with Crippen LogP contribution in [0.5, 0.6) is 0 Å². The Kier molecular flexibility index (Phi) is 4.00. The third kappa shape index (κ3) is 3.00. The standard InChI is InChI=1S/C14H19N3O2S/c1-17-8-11(7-15-17)9-20(18)10-13-12-5-3-2-4-6-14(12)19-16-13/h7-8H,2-6,9-10H2,1H3. The summed E-state index contributed by atoms with van der Waals surface area (Å²) in [6.45, 7) is 0. The summed E-state index contributed by atoms with van der Waals surface area (Å²) in [6.07, 6.45) is 9.23. The first-order valence-electron chi connectivity index (χ1n) is 7.01. The lowest BCUT2D eigenvalue weighted by molar-refractivity contribution is 0.376. The third-order valence-corrected chi connectivity index (χ3v) is 4.92. The van der Waals surface area contributed by atoms with Gasteiger partial charge < -0.3 is 4.52 Å². The molecule has 0 bridgehead atoms. The van der Waals surface area contributed by atoms with E-state index in [0.717, 1.165) is 29.9 Å². The number of rotatable bonds is 4. The first-order valence-corrected chi connectivity index (χ1v) is 8.50. The molecule has 0 amide bonds. The van der Waals surface area contributed by atoms with Gasteiger partial charge in [0.15, 0.2) is 0 Å². The minimum absolute atomic E-state index is 0.480. The van der Waals surface area contributed by atoms with Crippen molar-refractivity contribution in [2.75, 3.05) is 0 Å². The number of aromatic nitrogens is 3. The molecular weight excluding hydrogens is 274 g/mol. The van der Waals surface area contributed by atoms with Crippen molar-refractivity contribution in [3.05, 3.63) is 35.0 Å². The molecule has 3 rings (SSSR count). The van der Waals surface area contributed by atoms with Crippen LogP contribution in [-0.2, 0) is 42.2 Å². The van der Waals surface area contributed by atoms with Gasteiger partial charge in [0.05, 0.1) is 23.4 Å². The van der Waals surface area contributed by atoms with Gasteiger partial charge in [0, 0.05) is 41.6 Å². The smallest absolute Gasteiger partial charge is 0.140 e. The molecule has 108 valence electrons. The van der Waals surface area contributed by atoms with Gasteiger partial charge in [-0.25, -0.2) is 0 Å². The van der Waals surface area contributed by atoms with Crippen LogP contribution >= 0.6 is 0 Å². The summed E-state index contributed by atoms with van der Waals surface area (Å²) in [4.78, 5) is 0. The molecule has 0 saturated carbocycles. The Morgan fingerprint density at radius 2 is 2.15 bits per heavy atom. The Balaban J connectivity index is 1.68. The summed E-state index contributed by atoms with van der Waals surface area (Å²) in [5, 5.41) is 8.23. The molecule has 1 aliphatic carbocycles. The predicted molar refractivity (Wildman–Crippen MR) is 76.5 cm³/mol. The minimum atomic E-state index is -0.967. The van der Waals surface area contributed by atoms with Gasteiger partial charge in [-0.3, -0.25) is 8.89 Å². The summed E-state index contributed by atoms with van der Waals surface area (Å²) in [6, 6.07) is 0. The van der Waals surface area contributed by atoms with Crippen molar-refractivity contribution in [3.63, 3.8) is 0 Å². The molecule has 0 radical (unpaired) electrons. The lowest BCUT2D eigenvalue weighted by Crippen LogP contribution is -2.02. The molecule has 2 aromatic heterocycles.